The highest BCUT2D eigenvalue weighted by Crippen LogP contribution is 2.18. The Morgan fingerprint density at radius 3 is 2.52 bits per heavy atom. The van der Waals surface area contributed by atoms with E-state index < -0.39 is 0 Å². The number of benzene rings is 1. The molecule has 0 saturated carbocycles. The monoisotopic (exact) mass is 346 g/mol. The van der Waals surface area contributed by atoms with Gasteiger partial charge < -0.3 is 15.5 Å². The Morgan fingerprint density at radius 1 is 1.28 bits per heavy atom. The Balaban J connectivity index is 1.78. The predicted octanol–water partition coefficient (Wildman–Crippen LogP) is 1.05. The number of likely N-dealkylation sites (N-methyl/N-ethyl adjacent to an activating group) is 1. The van der Waals surface area contributed by atoms with Crippen LogP contribution < -0.4 is 10.6 Å². The molecule has 4 amide bonds. The second-order valence-electron chi connectivity index (χ2n) is 6.50. The average Bonchev–Trinajstić information content (AvgIpc) is 2.88. The third kappa shape index (κ3) is 5.29. The number of imide groups is 1. The fourth-order valence-corrected chi connectivity index (χ4v) is 2.77. The van der Waals surface area contributed by atoms with Crippen molar-refractivity contribution in [3.8, 4) is 0 Å². The minimum absolute atomic E-state index is 0.0477. The Bertz CT molecular complexity index is 612. The van der Waals surface area contributed by atoms with Crippen LogP contribution in [0.2, 0.25) is 0 Å². The lowest BCUT2D eigenvalue weighted by molar-refractivity contribution is -0.126. The molecule has 1 fully saturated rings. The Hall–Kier alpha value is -2.41. The molecular formula is C18H26N4O3. The van der Waals surface area contributed by atoms with E-state index in [1.165, 1.54) is 5.56 Å². The van der Waals surface area contributed by atoms with Gasteiger partial charge in [-0.15, -0.1) is 0 Å². The number of nitrogens with zero attached hydrogens (tertiary/aromatic N) is 2. The van der Waals surface area contributed by atoms with E-state index in [0.29, 0.717) is 13.0 Å². The number of carbonyl (C=O) groups excluding carboxylic acids is 3. The summed E-state index contributed by atoms with van der Waals surface area (Å²) in [5, 5.41) is 5.40. The van der Waals surface area contributed by atoms with Crippen molar-refractivity contribution in [1.82, 2.24) is 20.4 Å². The predicted molar refractivity (Wildman–Crippen MR) is 95.0 cm³/mol. The van der Waals surface area contributed by atoms with Crippen LogP contribution in [-0.4, -0.2) is 61.4 Å². The van der Waals surface area contributed by atoms with Crippen LogP contribution in [0.4, 0.5) is 4.79 Å². The molecule has 1 atom stereocenters. The first kappa shape index (κ1) is 18.9. The molecule has 7 nitrogen and oxygen atoms in total. The van der Waals surface area contributed by atoms with E-state index in [-0.39, 0.29) is 43.4 Å². The third-order valence-electron chi connectivity index (χ3n) is 4.30. The van der Waals surface area contributed by atoms with Crippen molar-refractivity contribution in [3.63, 3.8) is 0 Å². The van der Waals surface area contributed by atoms with Gasteiger partial charge in [-0.25, -0.2) is 4.79 Å². The molecule has 1 aromatic rings. The molecular weight excluding hydrogens is 320 g/mol. The highest BCUT2D eigenvalue weighted by molar-refractivity contribution is 6.01. The molecule has 2 N–H and O–H groups in total. The maximum absolute atomic E-state index is 12.1. The maximum atomic E-state index is 12.1. The van der Waals surface area contributed by atoms with Gasteiger partial charge in [0.15, 0.2) is 0 Å². The van der Waals surface area contributed by atoms with Gasteiger partial charge in [0, 0.05) is 19.5 Å². The number of aryl methyl sites for hydroxylation is 1. The molecule has 0 unspecified atom stereocenters. The van der Waals surface area contributed by atoms with E-state index in [9.17, 15) is 14.4 Å². The van der Waals surface area contributed by atoms with E-state index in [1.807, 2.05) is 21.0 Å². The zero-order valence-electron chi connectivity index (χ0n) is 15.0. The topological polar surface area (TPSA) is 81.8 Å². The summed E-state index contributed by atoms with van der Waals surface area (Å²) in [5.74, 6) is -0.316. The summed E-state index contributed by atoms with van der Waals surface area (Å²) in [6.07, 6.45) is 0.743. The summed E-state index contributed by atoms with van der Waals surface area (Å²) in [6.45, 7) is 2.87. The first-order valence-electron chi connectivity index (χ1n) is 8.46. The van der Waals surface area contributed by atoms with Crippen molar-refractivity contribution < 1.29 is 14.4 Å². The van der Waals surface area contributed by atoms with Crippen LogP contribution in [-0.2, 0) is 9.59 Å². The second-order valence-corrected chi connectivity index (χ2v) is 6.50. The third-order valence-corrected chi connectivity index (χ3v) is 4.30. The van der Waals surface area contributed by atoms with Gasteiger partial charge in [-0.05, 0) is 33.0 Å². The van der Waals surface area contributed by atoms with Gasteiger partial charge >= 0.3 is 6.03 Å². The van der Waals surface area contributed by atoms with Crippen molar-refractivity contribution in [2.45, 2.75) is 25.8 Å². The molecule has 0 aliphatic carbocycles. The molecule has 0 radical (unpaired) electrons. The minimum Gasteiger partial charge on any atom is -0.354 e. The molecule has 1 heterocycles. The average molecular weight is 346 g/mol. The molecule has 0 spiro atoms. The lowest BCUT2D eigenvalue weighted by Gasteiger charge is -2.25. The van der Waals surface area contributed by atoms with Crippen molar-refractivity contribution in [2.75, 3.05) is 33.7 Å². The number of hydrogen-bond donors (Lipinski definition) is 2. The summed E-state index contributed by atoms with van der Waals surface area (Å²) in [4.78, 5) is 38.2. The molecule has 25 heavy (non-hydrogen) atoms. The molecule has 1 aromatic carbocycles. The van der Waals surface area contributed by atoms with Gasteiger partial charge in [0.25, 0.3) is 0 Å². The summed E-state index contributed by atoms with van der Waals surface area (Å²) in [5.41, 5.74) is 2.35. The second kappa shape index (κ2) is 8.62. The van der Waals surface area contributed by atoms with Crippen molar-refractivity contribution in [2.24, 2.45) is 0 Å². The zero-order valence-corrected chi connectivity index (χ0v) is 15.0. The smallest absolute Gasteiger partial charge is 0.324 e. The highest BCUT2D eigenvalue weighted by atomic mass is 16.2. The first-order chi connectivity index (χ1) is 11.9. The Labute approximate surface area is 148 Å². The molecule has 0 aromatic heterocycles. The molecule has 7 heteroatoms. The van der Waals surface area contributed by atoms with Crippen LogP contribution >= 0.6 is 0 Å². The van der Waals surface area contributed by atoms with Gasteiger partial charge in [-0.3, -0.25) is 14.5 Å². The minimum atomic E-state index is -0.377. The van der Waals surface area contributed by atoms with E-state index in [2.05, 4.69) is 39.8 Å². The number of amides is 4. The normalized spacial score (nSPS) is 15.4. The van der Waals surface area contributed by atoms with Crippen LogP contribution in [0.25, 0.3) is 0 Å². The van der Waals surface area contributed by atoms with Gasteiger partial charge in [0.2, 0.25) is 11.8 Å². The van der Waals surface area contributed by atoms with E-state index in [4.69, 9.17) is 0 Å². The van der Waals surface area contributed by atoms with E-state index in [1.54, 1.807) is 0 Å². The molecule has 0 bridgehead atoms. The molecule has 1 aliphatic rings. The van der Waals surface area contributed by atoms with Crippen molar-refractivity contribution in [3.05, 3.63) is 35.4 Å². The van der Waals surface area contributed by atoms with Crippen LogP contribution in [0.1, 0.15) is 30.0 Å². The quantitative estimate of drug-likeness (QED) is 0.689. The van der Waals surface area contributed by atoms with Gasteiger partial charge in [0.1, 0.15) is 0 Å². The largest absolute Gasteiger partial charge is 0.354 e. The Morgan fingerprint density at radius 2 is 1.96 bits per heavy atom. The summed E-state index contributed by atoms with van der Waals surface area (Å²) in [6, 6.07) is 7.98. The summed E-state index contributed by atoms with van der Waals surface area (Å²) in [7, 11) is 3.96. The summed E-state index contributed by atoms with van der Waals surface area (Å²) < 4.78 is 0. The lowest BCUT2D eigenvalue weighted by Crippen LogP contribution is -2.35. The van der Waals surface area contributed by atoms with E-state index in [0.717, 1.165) is 10.5 Å². The van der Waals surface area contributed by atoms with Crippen LogP contribution in [0.15, 0.2) is 24.3 Å². The van der Waals surface area contributed by atoms with Crippen LogP contribution in [0.5, 0.6) is 0 Å². The van der Waals surface area contributed by atoms with Gasteiger partial charge in [0.05, 0.1) is 12.6 Å². The Kier molecular flexibility index (Phi) is 6.52. The van der Waals surface area contributed by atoms with Crippen molar-refractivity contribution in [1.29, 1.82) is 0 Å². The highest BCUT2D eigenvalue weighted by Gasteiger charge is 2.27. The van der Waals surface area contributed by atoms with Gasteiger partial charge in [-0.2, -0.15) is 0 Å². The number of nitrogens with one attached hydrogen (secondary N) is 2. The fraction of sp³-hybridized carbons (Fsp3) is 0.500. The van der Waals surface area contributed by atoms with E-state index >= 15 is 0 Å². The number of hydrogen-bond acceptors (Lipinski definition) is 4. The van der Waals surface area contributed by atoms with Crippen LogP contribution in [0.3, 0.4) is 0 Å². The van der Waals surface area contributed by atoms with Gasteiger partial charge in [-0.1, -0.05) is 29.8 Å². The molecule has 1 aliphatic heterocycles. The number of rotatable bonds is 8. The first-order valence-corrected chi connectivity index (χ1v) is 8.46. The fourth-order valence-electron chi connectivity index (χ4n) is 2.77. The van der Waals surface area contributed by atoms with Crippen LogP contribution in [0, 0.1) is 6.92 Å². The number of carbonyl (C=O) groups is 3. The molecule has 1 saturated heterocycles. The van der Waals surface area contributed by atoms with Crippen molar-refractivity contribution >= 4 is 17.8 Å². The SMILES string of the molecule is Cc1ccc([C@@H](CNC(=O)CCCN2C(=O)CNC2=O)N(C)C)cc1. The molecule has 2 rings (SSSR count). The molecule has 136 valence electrons. The maximum Gasteiger partial charge on any atom is 0.324 e. The standard InChI is InChI=1S/C18H26N4O3/c1-13-6-8-14(9-7-13)15(21(2)3)11-19-16(23)5-4-10-22-17(24)12-20-18(22)25/h6-9,15H,4-5,10-12H2,1-3H3,(H,19,23)(H,20,25)/t15-/m1/s1. The number of urea groups is 1. The summed E-state index contributed by atoms with van der Waals surface area (Å²) >= 11 is 0. The zero-order chi connectivity index (χ0) is 18.4. The lowest BCUT2D eigenvalue weighted by atomic mass is 10.0.